The minimum Gasteiger partial charge on any atom is -0.423 e. The molecule has 0 N–H and O–H groups in total. The fourth-order valence-corrected chi connectivity index (χ4v) is 5.22. The van der Waals surface area contributed by atoms with Gasteiger partial charge in [0.05, 0.1) is 27.9 Å². The van der Waals surface area contributed by atoms with Crippen molar-refractivity contribution >= 4 is 34.8 Å². The van der Waals surface area contributed by atoms with E-state index in [1.165, 1.54) is 23.3 Å². The van der Waals surface area contributed by atoms with Crippen molar-refractivity contribution in [2.45, 2.75) is 19.1 Å². The SMILES string of the molecule is Cc1cccc(N2C(=O)[C@@H]3[C@H](ON(c4cccc([N+](=O)[O-])c4)[C@H]3c3ccc(OC(=O)c4ccccc4)cc3)C2=O)c1. The van der Waals surface area contributed by atoms with Gasteiger partial charge in [0, 0.05) is 12.1 Å². The number of non-ortho nitro benzene ring substituents is 1. The van der Waals surface area contributed by atoms with Crippen molar-refractivity contribution in [1.29, 1.82) is 0 Å². The van der Waals surface area contributed by atoms with Gasteiger partial charge in [-0.2, -0.15) is 0 Å². The van der Waals surface area contributed by atoms with Crippen molar-refractivity contribution in [2.24, 2.45) is 5.92 Å². The monoisotopic (exact) mass is 549 g/mol. The summed E-state index contributed by atoms with van der Waals surface area (Å²) in [6.07, 6.45) is -1.14. The number of ether oxygens (including phenoxy) is 1. The van der Waals surface area contributed by atoms with Crippen LogP contribution < -0.4 is 14.7 Å². The number of anilines is 2. The maximum Gasteiger partial charge on any atom is 0.343 e. The molecule has 2 amide bonds. The van der Waals surface area contributed by atoms with Gasteiger partial charge in [0.25, 0.3) is 11.6 Å². The van der Waals surface area contributed by atoms with E-state index in [0.29, 0.717) is 22.5 Å². The van der Waals surface area contributed by atoms with E-state index in [0.717, 1.165) is 10.5 Å². The lowest BCUT2D eigenvalue weighted by molar-refractivity contribution is -0.384. The molecule has 41 heavy (non-hydrogen) atoms. The number of aryl methyl sites for hydroxylation is 1. The lowest BCUT2D eigenvalue weighted by Crippen LogP contribution is -2.37. The number of nitrogens with zero attached hydrogens (tertiary/aromatic N) is 3. The summed E-state index contributed by atoms with van der Waals surface area (Å²) in [5, 5.41) is 12.9. The number of imide groups is 1. The summed E-state index contributed by atoms with van der Waals surface area (Å²) in [6, 6.07) is 27.2. The minimum atomic E-state index is -1.14. The van der Waals surface area contributed by atoms with Gasteiger partial charge >= 0.3 is 5.97 Å². The van der Waals surface area contributed by atoms with Crippen LogP contribution in [0.3, 0.4) is 0 Å². The number of nitro benzene ring substituents is 1. The predicted molar refractivity (Wildman–Crippen MR) is 148 cm³/mol. The first-order valence-corrected chi connectivity index (χ1v) is 12.8. The standard InChI is InChI=1S/C31H23N3O7/c1-19-7-5-10-22(17-19)32-29(35)26-27(20-13-15-25(16-14-20)40-31(37)21-8-3-2-4-9-21)33(41-28(26)30(32)36)23-11-6-12-24(18-23)34(38)39/h2-18,26-28H,1H3/t26-,27-,28-/m0/s1. The Labute approximate surface area is 234 Å². The third-order valence-electron chi connectivity index (χ3n) is 7.11. The predicted octanol–water partition coefficient (Wildman–Crippen LogP) is 5.17. The molecule has 10 heteroatoms. The maximum absolute atomic E-state index is 13.8. The number of rotatable bonds is 6. The number of amides is 2. The lowest BCUT2D eigenvalue weighted by atomic mass is 9.90. The summed E-state index contributed by atoms with van der Waals surface area (Å²) >= 11 is 0. The number of hydrogen-bond acceptors (Lipinski definition) is 8. The van der Waals surface area contributed by atoms with E-state index < -0.39 is 40.8 Å². The first kappa shape index (κ1) is 25.9. The molecule has 0 aliphatic carbocycles. The second kappa shape index (κ2) is 10.3. The van der Waals surface area contributed by atoms with Crippen molar-refractivity contribution in [1.82, 2.24) is 0 Å². The van der Waals surface area contributed by atoms with Crippen LogP contribution in [0.5, 0.6) is 5.75 Å². The van der Waals surface area contributed by atoms with Gasteiger partial charge in [-0.05, 0) is 60.5 Å². The average Bonchev–Trinajstić information content (AvgIpc) is 3.49. The highest BCUT2D eigenvalue weighted by Crippen LogP contribution is 2.48. The summed E-state index contributed by atoms with van der Waals surface area (Å²) in [7, 11) is 0. The molecular formula is C31H23N3O7. The van der Waals surface area contributed by atoms with Crippen molar-refractivity contribution in [3.8, 4) is 5.75 Å². The fourth-order valence-electron chi connectivity index (χ4n) is 5.22. The molecule has 0 saturated carbocycles. The largest absolute Gasteiger partial charge is 0.423 e. The van der Waals surface area contributed by atoms with Crippen LogP contribution in [0.25, 0.3) is 0 Å². The number of benzene rings is 4. The van der Waals surface area contributed by atoms with Gasteiger partial charge in [0.1, 0.15) is 11.7 Å². The van der Waals surface area contributed by atoms with Crippen LogP contribution in [0.1, 0.15) is 27.5 Å². The van der Waals surface area contributed by atoms with Crippen LogP contribution >= 0.6 is 0 Å². The van der Waals surface area contributed by atoms with Gasteiger partial charge in [-0.15, -0.1) is 0 Å². The molecule has 0 unspecified atom stereocenters. The van der Waals surface area contributed by atoms with Crippen molar-refractivity contribution in [2.75, 3.05) is 9.96 Å². The Morgan fingerprint density at radius 2 is 1.56 bits per heavy atom. The van der Waals surface area contributed by atoms with E-state index in [1.807, 2.05) is 13.0 Å². The van der Waals surface area contributed by atoms with Crippen LogP contribution in [0.15, 0.2) is 103 Å². The summed E-state index contributed by atoms with van der Waals surface area (Å²) < 4.78 is 5.49. The third kappa shape index (κ3) is 4.70. The fraction of sp³-hybridized carbons (Fsp3) is 0.129. The zero-order valence-electron chi connectivity index (χ0n) is 21.7. The third-order valence-corrected chi connectivity index (χ3v) is 7.11. The van der Waals surface area contributed by atoms with Gasteiger partial charge < -0.3 is 4.74 Å². The first-order valence-electron chi connectivity index (χ1n) is 12.8. The highest BCUT2D eigenvalue weighted by Gasteiger charge is 2.60. The molecule has 6 rings (SSSR count). The number of hydrogen-bond donors (Lipinski definition) is 0. The summed E-state index contributed by atoms with van der Waals surface area (Å²) in [5.74, 6) is -2.12. The van der Waals surface area contributed by atoms with E-state index >= 15 is 0 Å². The molecule has 4 aromatic carbocycles. The number of hydroxylamine groups is 1. The number of carbonyl (C=O) groups is 3. The van der Waals surface area contributed by atoms with E-state index in [2.05, 4.69) is 0 Å². The number of nitro groups is 1. The maximum atomic E-state index is 13.8. The Hall–Kier alpha value is -5.35. The Morgan fingerprint density at radius 1 is 0.854 bits per heavy atom. The lowest BCUT2D eigenvalue weighted by Gasteiger charge is -2.28. The highest BCUT2D eigenvalue weighted by atomic mass is 16.7. The molecule has 0 bridgehead atoms. The van der Waals surface area contributed by atoms with E-state index in [4.69, 9.17) is 9.57 Å². The number of fused-ring (bicyclic) bond motifs is 1. The molecule has 3 atom stereocenters. The smallest absolute Gasteiger partial charge is 0.343 e. The van der Waals surface area contributed by atoms with Gasteiger partial charge in [-0.1, -0.05) is 48.5 Å². The van der Waals surface area contributed by atoms with E-state index in [9.17, 15) is 24.5 Å². The molecule has 204 valence electrons. The molecule has 2 aliphatic rings. The zero-order chi connectivity index (χ0) is 28.7. The Bertz CT molecular complexity index is 1670. The minimum absolute atomic E-state index is 0.163. The number of carbonyl (C=O) groups excluding carboxylic acids is 3. The molecule has 2 saturated heterocycles. The molecule has 2 aliphatic heterocycles. The average molecular weight is 550 g/mol. The van der Waals surface area contributed by atoms with Crippen LogP contribution in [0, 0.1) is 23.0 Å². The molecule has 0 spiro atoms. The summed E-state index contributed by atoms with van der Waals surface area (Å²) in [6.45, 7) is 1.87. The van der Waals surface area contributed by atoms with Crippen molar-refractivity contribution in [3.05, 3.63) is 130 Å². The molecule has 0 radical (unpaired) electrons. The van der Waals surface area contributed by atoms with Crippen LogP contribution in [-0.2, 0) is 14.4 Å². The zero-order valence-corrected chi connectivity index (χ0v) is 21.7. The molecular weight excluding hydrogens is 526 g/mol. The van der Waals surface area contributed by atoms with Gasteiger partial charge in [-0.3, -0.25) is 24.5 Å². The second-order valence-electron chi connectivity index (χ2n) is 9.77. The highest BCUT2D eigenvalue weighted by molar-refractivity contribution is 6.24. The Morgan fingerprint density at radius 3 is 2.27 bits per heavy atom. The Balaban J connectivity index is 1.36. The second-order valence-corrected chi connectivity index (χ2v) is 9.77. The van der Waals surface area contributed by atoms with Crippen molar-refractivity contribution in [3.63, 3.8) is 0 Å². The van der Waals surface area contributed by atoms with Crippen LogP contribution in [0.2, 0.25) is 0 Å². The van der Waals surface area contributed by atoms with Gasteiger partial charge in [0.15, 0.2) is 6.10 Å². The topological polar surface area (TPSA) is 119 Å². The van der Waals surface area contributed by atoms with Crippen LogP contribution in [0.4, 0.5) is 17.1 Å². The molecule has 2 heterocycles. The van der Waals surface area contributed by atoms with E-state index in [1.54, 1.807) is 78.9 Å². The number of esters is 1. The normalized spacial score (nSPS) is 19.8. The summed E-state index contributed by atoms with van der Waals surface area (Å²) in [4.78, 5) is 58.1. The first-order chi connectivity index (χ1) is 19.8. The van der Waals surface area contributed by atoms with Crippen molar-refractivity contribution < 1.29 is 28.9 Å². The molecule has 4 aromatic rings. The Kier molecular flexibility index (Phi) is 6.52. The van der Waals surface area contributed by atoms with Crippen LogP contribution in [-0.4, -0.2) is 28.8 Å². The van der Waals surface area contributed by atoms with E-state index in [-0.39, 0.29) is 11.4 Å². The van der Waals surface area contributed by atoms with Gasteiger partial charge in [-0.25, -0.2) is 14.8 Å². The molecule has 0 aromatic heterocycles. The molecule has 10 nitrogen and oxygen atoms in total. The van der Waals surface area contributed by atoms with Gasteiger partial charge in [0.2, 0.25) is 5.91 Å². The summed E-state index contributed by atoms with van der Waals surface area (Å²) in [5.41, 5.74) is 2.48. The molecule has 2 fully saturated rings. The quantitative estimate of drug-likeness (QED) is 0.106.